The lowest BCUT2D eigenvalue weighted by Gasteiger charge is -1.91. The molecule has 0 aromatic carbocycles. The Bertz CT molecular complexity index is 293. The van der Waals surface area contributed by atoms with Crippen LogP contribution in [0.2, 0.25) is 0 Å². The Kier molecular flexibility index (Phi) is 3.12. The normalized spacial score (nSPS) is 9.92. The first-order chi connectivity index (χ1) is 5.69. The van der Waals surface area contributed by atoms with Crippen LogP contribution in [0.15, 0.2) is 6.07 Å². The van der Waals surface area contributed by atoms with E-state index in [1.165, 1.54) is 18.4 Å². The van der Waals surface area contributed by atoms with Crippen LogP contribution in [0.3, 0.4) is 0 Å². The van der Waals surface area contributed by atoms with Gasteiger partial charge in [-0.05, 0) is 18.6 Å². The molecule has 0 saturated carbocycles. The van der Waals surface area contributed by atoms with Gasteiger partial charge in [-0.25, -0.2) is 4.79 Å². The number of rotatable bonds is 2. The van der Waals surface area contributed by atoms with Crippen LogP contribution in [0.5, 0.6) is 0 Å². The molecule has 0 unspecified atom stereocenters. The smallest absolute Gasteiger partial charge is 0.348 e. The molecule has 0 saturated heterocycles. The number of thiophene rings is 1. The first kappa shape index (κ1) is 9.55. The largest absolute Gasteiger partial charge is 0.465 e. The van der Waals surface area contributed by atoms with E-state index in [9.17, 15) is 4.79 Å². The average Bonchev–Trinajstić information content (AvgIpc) is 2.45. The summed E-state index contributed by atoms with van der Waals surface area (Å²) in [6.45, 7) is 1.93. The lowest BCUT2D eigenvalue weighted by Crippen LogP contribution is -1.96. The zero-order chi connectivity index (χ0) is 9.14. The van der Waals surface area contributed by atoms with E-state index in [1.807, 2.05) is 6.92 Å². The molecule has 0 amide bonds. The van der Waals surface area contributed by atoms with Gasteiger partial charge in [-0.2, -0.15) is 0 Å². The van der Waals surface area contributed by atoms with Crippen molar-refractivity contribution in [2.75, 3.05) is 7.11 Å². The molecule has 0 aliphatic rings. The van der Waals surface area contributed by atoms with Gasteiger partial charge in [0.25, 0.3) is 0 Å². The van der Waals surface area contributed by atoms with Crippen molar-refractivity contribution < 1.29 is 9.53 Å². The summed E-state index contributed by atoms with van der Waals surface area (Å²) in [4.78, 5) is 12.7. The van der Waals surface area contributed by atoms with Crippen LogP contribution in [-0.2, 0) is 10.6 Å². The molecule has 0 bridgehead atoms. The van der Waals surface area contributed by atoms with Gasteiger partial charge in [-0.3, -0.25) is 0 Å². The van der Waals surface area contributed by atoms with Crippen LogP contribution in [0, 0.1) is 6.92 Å². The van der Waals surface area contributed by atoms with Gasteiger partial charge in [0.2, 0.25) is 0 Å². The number of esters is 1. The molecule has 0 N–H and O–H groups in total. The van der Waals surface area contributed by atoms with E-state index in [0.717, 1.165) is 10.4 Å². The number of hydrogen-bond acceptors (Lipinski definition) is 3. The molecule has 0 radical (unpaired) electrons. The Morgan fingerprint density at radius 3 is 2.83 bits per heavy atom. The zero-order valence-corrected chi connectivity index (χ0v) is 8.46. The van der Waals surface area contributed by atoms with Crippen LogP contribution in [0.25, 0.3) is 0 Å². The maximum absolute atomic E-state index is 11.0. The summed E-state index contributed by atoms with van der Waals surface area (Å²) >= 11 is 7.04. The number of methoxy groups -OCH3 is 1. The highest BCUT2D eigenvalue weighted by atomic mass is 35.5. The highest BCUT2D eigenvalue weighted by Gasteiger charge is 2.11. The highest BCUT2D eigenvalue weighted by molar-refractivity contribution is 7.14. The van der Waals surface area contributed by atoms with Crippen LogP contribution >= 0.6 is 22.9 Å². The molecular formula is C8H9ClO2S. The quantitative estimate of drug-likeness (QED) is 0.547. The first-order valence-corrected chi connectivity index (χ1v) is 4.77. The highest BCUT2D eigenvalue weighted by Crippen LogP contribution is 2.23. The van der Waals surface area contributed by atoms with E-state index in [-0.39, 0.29) is 5.97 Å². The minimum atomic E-state index is -0.292. The third-order valence-electron chi connectivity index (χ3n) is 1.53. The van der Waals surface area contributed by atoms with Crippen molar-refractivity contribution in [1.29, 1.82) is 0 Å². The van der Waals surface area contributed by atoms with Crippen LogP contribution < -0.4 is 0 Å². The van der Waals surface area contributed by atoms with E-state index >= 15 is 0 Å². The maximum atomic E-state index is 11.0. The predicted octanol–water partition coefficient (Wildman–Crippen LogP) is 2.58. The number of alkyl halides is 1. The topological polar surface area (TPSA) is 26.3 Å². The molecule has 1 heterocycles. The Balaban J connectivity index is 2.96. The molecule has 0 aliphatic heterocycles. The van der Waals surface area contributed by atoms with Crippen molar-refractivity contribution in [2.24, 2.45) is 0 Å². The molecule has 0 fully saturated rings. The summed E-state index contributed by atoms with van der Waals surface area (Å²) in [5.74, 6) is 0.160. The number of hydrogen-bond donors (Lipinski definition) is 0. The van der Waals surface area contributed by atoms with Gasteiger partial charge in [-0.15, -0.1) is 22.9 Å². The fourth-order valence-electron chi connectivity index (χ4n) is 0.854. The van der Waals surface area contributed by atoms with Gasteiger partial charge in [-0.1, -0.05) is 0 Å². The summed E-state index contributed by atoms with van der Waals surface area (Å²) in [6, 6.07) is 1.80. The van der Waals surface area contributed by atoms with Crippen molar-refractivity contribution in [2.45, 2.75) is 12.8 Å². The van der Waals surface area contributed by atoms with E-state index in [0.29, 0.717) is 10.8 Å². The molecule has 4 heteroatoms. The number of halogens is 1. The summed E-state index contributed by atoms with van der Waals surface area (Å²) < 4.78 is 4.58. The molecule has 1 rings (SSSR count). The fourth-order valence-corrected chi connectivity index (χ4v) is 2.17. The molecule has 66 valence electrons. The second-order valence-electron chi connectivity index (χ2n) is 2.34. The Morgan fingerprint density at radius 1 is 1.75 bits per heavy atom. The Hall–Kier alpha value is -0.540. The van der Waals surface area contributed by atoms with Gasteiger partial charge in [0.15, 0.2) is 0 Å². The van der Waals surface area contributed by atoms with Crippen molar-refractivity contribution in [1.82, 2.24) is 0 Å². The van der Waals surface area contributed by atoms with Gasteiger partial charge < -0.3 is 4.74 Å². The van der Waals surface area contributed by atoms with Crippen LogP contribution in [-0.4, -0.2) is 13.1 Å². The fraction of sp³-hybridized carbons (Fsp3) is 0.375. The van der Waals surface area contributed by atoms with Gasteiger partial charge in [0, 0.05) is 4.88 Å². The zero-order valence-electron chi connectivity index (χ0n) is 6.89. The van der Waals surface area contributed by atoms with Gasteiger partial charge in [0.05, 0.1) is 13.0 Å². The molecule has 0 spiro atoms. The maximum Gasteiger partial charge on any atom is 0.348 e. The van der Waals surface area contributed by atoms with Crippen LogP contribution in [0.1, 0.15) is 20.1 Å². The molecule has 1 aromatic rings. The average molecular weight is 205 g/mol. The minimum absolute atomic E-state index is 0.292. The molecule has 0 atom stereocenters. The Morgan fingerprint density at radius 2 is 2.42 bits per heavy atom. The minimum Gasteiger partial charge on any atom is -0.465 e. The predicted molar refractivity (Wildman–Crippen MR) is 50.0 cm³/mol. The van der Waals surface area contributed by atoms with Crippen molar-refractivity contribution in [3.63, 3.8) is 0 Å². The van der Waals surface area contributed by atoms with Gasteiger partial charge >= 0.3 is 5.97 Å². The first-order valence-electron chi connectivity index (χ1n) is 3.42. The van der Waals surface area contributed by atoms with Crippen molar-refractivity contribution in [3.05, 3.63) is 21.4 Å². The second-order valence-corrected chi connectivity index (χ2v) is 3.75. The van der Waals surface area contributed by atoms with E-state index in [4.69, 9.17) is 11.6 Å². The molecular weight excluding hydrogens is 196 g/mol. The summed E-state index contributed by atoms with van der Waals surface area (Å²) in [7, 11) is 1.37. The number of carbonyl (C=O) groups excluding carboxylic acids is 1. The third-order valence-corrected chi connectivity index (χ3v) is 3.17. The van der Waals surface area contributed by atoms with Crippen molar-refractivity contribution >= 4 is 28.9 Å². The second kappa shape index (κ2) is 3.92. The van der Waals surface area contributed by atoms with Crippen LogP contribution in [0.4, 0.5) is 0 Å². The molecule has 0 aliphatic carbocycles. The third kappa shape index (κ3) is 1.79. The van der Waals surface area contributed by atoms with E-state index < -0.39 is 0 Å². The number of carbonyl (C=O) groups is 1. The lowest BCUT2D eigenvalue weighted by atomic mass is 10.3. The van der Waals surface area contributed by atoms with E-state index in [2.05, 4.69) is 4.74 Å². The number of aryl methyl sites for hydroxylation is 1. The van der Waals surface area contributed by atoms with Crippen molar-refractivity contribution in [3.8, 4) is 0 Å². The standard InChI is InChI=1S/C8H9ClO2S/c1-5-3-6(8(10)11-2)12-7(5)4-9/h3H,4H2,1-2H3. The molecule has 12 heavy (non-hydrogen) atoms. The number of ether oxygens (including phenoxy) is 1. The molecule has 2 nitrogen and oxygen atoms in total. The summed E-state index contributed by atoms with van der Waals surface area (Å²) in [6.07, 6.45) is 0. The SMILES string of the molecule is COC(=O)c1cc(C)c(CCl)s1. The summed E-state index contributed by atoms with van der Waals surface area (Å²) in [5, 5.41) is 0. The Labute approximate surface area is 80.1 Å². The lowest BCUT2D eigenvalue weighted by molar-refractivity contribution is 0.0606. The summed E-state index contributed by atoms with van der Waals surface area (Å²) in [5.41, 5.74) is 1.05. The van der Waals surface area contributed by atoms with Gasteiger partial charge in [0.1, 0.15) is 4.88 Å². The van der Waals surface area contributed by atoms with E-state index in [1.54, 1.807) is 6.07 Å². The molecule has 1 aromatic heterocycles. The monoisotopic (exact) mass is 204 g/mol.